The number of rotatable bonds is 9. The van der Waals surface area contributed by atoms with Crippen LogP contribution in [0.3, 0.4) is 0 Å². The monoisotopic (exact) mass is 494 g/mol. The second kappa shape index (κ2) is 11.7. The second-order valence-corrected chi connectivity index (χ2v) is 9.47. The Hall–Kier alpha value is -3.88. The Morgan fingerprint density at radius 1 is 1.00 bits per heavy atom. The first kappa shape index (κ1) is 26.7. The summed E-state index contributed by atoms with van der Waals surface area (Å²) < 4.78 is 0. The fourth-order valence-electron chi connectivity index (χ4n) is 4.31. The molecule has 4 amide bonds. The molecule has 0 saturated carbocycles. The molecule has 0 spiro atoms. The molecule has 1 aliphatic rings. The SMILES string of the molecule is CCC(C)C(NC(=O)C(Cc1ccccc1)NC(=O)N1c2ccccc2NC(=O)C1C(C)C)C(=O)O. The summed E-state index contributed by atoms with van der Waals surface area (Å²) in [6.07, 6.45) is 0.710. The smallest absolute Gasteiger partial charge is 0.326 e. The number of urea groups is 1. The van der Waals surface area contributed by atoms with Crippen molar-refractivity contribution in [2.24, 2.45) is 11.8 Å². The van der Waals surface area contributed by atoms with Gasteiger partial charge in [-0.2, -0.15) is 0 Å². The maximum atomic E-state index is 13.7. The summed E-state index contributed by atoms with van der Waals surface area (Å²) in [4.78, 5) is 53.1. The van der Waals surface area contributed by atoms with Crippen LogP contribution in [0.1, 0.15) is 39.7 Å². The molecule has 0 saturated heterocycles. The molecule has 0 aliphatic carbocycles. The van der Waals surface area contributed by atoms with Gasteiger partial charge in [0.1, 0.15) is 18.1 Å². The molecule has 0 radical (unpaired) electrons. The first-order chi connectivity index (χ1) is 17.1. The molecule has 9 heteroatoms. The number of carboxylic acid groups (broad SMARTS) is 1. The third-order valence-corrected chi connectivity index (χ3v) is 6.49. The van der Waals surface area contributed by atoms with Gasteiger partial charge < -0.3 is 21.1 Å². The van der Waals surface area contributed by atoms with E-state index in [2.05, 4.69) is 16.0 Å². The van der Waals surface area contributed by atoms with Gasteiger partial charge in [-0.25, -0.2) is 9.59 Å². The molecule has 2 aromatic rings. The molecule has 2 aromatic carbocycles. The van der Waals surface area contributed by atoms with Crippen molar-refractivity contribution in [2.75, 3.05) is 10.2 Å². The number of hydrogen-bond acceptors (Lipinski definition) is 4. The number of aliphatic carboxylic acids is 1. The Balaban J connectivity index is 1.93. The lowest BCUT2D eigenvalue weighted by Gasteiger charge is -2.39. The van der Waals surface area contributed by atoms with Crippen molar-refractivity contribution in [2.45, 2.75) is 58.7 Å². The van der Waals surface area contributed by atoms with E-state index in [9.17, 15) is 24.3 Å². The summed E-state index contributed by atoms with van der Waals surface area (Å²) in [6, 6.07) is 12.6. The lowest BCUT2D eigenvalue weighted by molar-refractivity contribution is -0.143. The average molecular weight is 495 g/mol. The van der Waals surface area contributed by atoms with Crippen molar-refractivity contribution in [1.29, 1.82) is 0 Å². The molecule has 1 aliphatic heterocycles. The first-order valence-electron chi connectivity index (χ1n) is 12.2. The summed E-state index contributed by atoms with van der Waals surface area (Å²) in [5.41, 5.74) is 1.82. The van der Waals surface area contributed by atoms with Gasteiger partial charge in [0.15, 0.2) is 0 Å². The molecule has 3 rings (SSSR count). The van der Waals surface area contributed by atoms with Gasteiger partial charge in [0, 0.05) is 6.42 Å². The number of para-hydroxylation sites is 2. The van der Waals surface area contributed by atoms with Crippen molar-refractivity contribution in [3.8, 4) is 0 Å². The number of anilines is 2. The molecular weight excluding hydrogens is 460 g/mol. The third kappa shape index (κ3) is 6.02. The Kier molecular flexibility index (Phi) is 8.68. The fraction of sp³-hybridized carbons (Fsp3) is 0.407. The Bertz CT molecular complexity index is 1100. The zero-order valence-corrected chi connectivity index (χ0v) is 21.0. The van der Waals surface area contributed by atoms with Gasteiger partial charge in [0.2, 0.25) is 11.8 Å². The highest BCUT2D eigenvalue weighted by Gasteiger charge is 2.40. The quantitative estimate of drug-likeness (QED) is 0.425. The number of benzene rings is 2. The highest BCUT2D eigenvalue weighted by Crippen LogP contribution is 2.34. The number of carboxylic acids is 1. The van der Waals surface area contributed by atoms with E-state index in [0.29, 0.717) is 17.8 Å². The molecule has 192 valence electrons. The third-order valence-electron chi connectivity index (χ3n) is 6.49. The number of nitrogens with zero attached hydrogens (tertiary/aromatic N) is 1. The van der Waals surface area contributed by atoms with Crippen LogP contribution in [0.25, 0.3) is 0 Å². The highest BCUT2D eigenvalue weighted by atomic mass is 16.4. The van der Waals surface area contributed by atoms with Crippen LogP contribution in [-0.2, 0) is 20.8 Å². The standard InChI is InChI=1S/C27H34N4O5/c1-5-17(4)22(26(34)35)30-24(32)20(15-18-11-7-6-8-12-18)29-27(36)31-21-14-10-9-13-19(21)28-25(33)23(31)16(2)3/h6-14,16-17,20,22-23H,5,15H2,1-4H3,(H,28,33)(H,29,36)(H,30,32)(H,34,35). The number of carbonyl (C=O) groups is 4. The van der Waals surface area contributed by atoms with E-state index in [1.165, 1.54) is 4.90 Å². The zero-order chi connectivity index (χ0) is 26.4. The number of amides is 4. The van der Waals surface area contributed by atoms with Crippen LogP contribution in [-0.4, -0.2) is 47.0 Å². The van der Waals surface area contributed by atoms with Gasteiger partial charge in [0.25, 0.3) is 0 Å². The normalized spacial score (nSPS) is 17.4. The van der Waals surface area contributed by atoms with Crippen LogP contribution < -0.4 is 20.9 Å². The number of fused-ring (bicyclic) bond motifs is 1. The van der Waals surface area contributed by atoms with Crippen LogP contribution in [0.2, 0.25) is 0 Å². The predicted octanol–water partition coefficient (Wildman–Crippen LogP) is 3.41. The Morgan fingerprint density at radius 2 is 1.64 bits per heavy atom. The molecule has 36 heavy (non-hydrogen) atoms. The van der Waals surface area contributed by atoms with Crippen LogP contribution >= 0.6 is 0 Å². The van der Waals surface area contributed by atoms with Crippen molar-refractivity contribution < 1.29 is 24.3 Å². The molecule has 1 heterocycles. The molecule has 0 bridgehead atoms. The van der Waals surface area contributed by atoms with Crippen molar-refractivity contribution in [3.63, 3.8) is 0 Å². The summed E-state index contributed by atoms with van der Waals surface area (Å²) in [5.74, 6) is -2.56. The lowest BCUT2D eigenvalue weighted by atomic mass is 9.97. The van der Waals surface area contributed by atoms with E-state index < -0.39 is 36.0 Å². The lowest BCUT2D eigenvalue weighted by Crippen LogP contribution is -2.61. The summed E-state index contributed by atoms with van der Waals surface area (Å²) in [5, 5.41) is 17.9. The Morgan fingerprint density at radius 3 is 2.25 bits per heavy atom. The maximum absolute atomic E-state index is 13.7. The van der Waals surface area contributed by atoms with E-state index in [0.717, 1.165) is 5.56 Å². The van der Waals surface area contributed by atoms with Crippen LogP contribution in [0.4, 0.5) is 16.2 Å². The van der Waals surface area contributed by atoms with Crippen molar-refractivity contribution in [1.82, 2.24) is 10.6 Å². The molecular formula is C27H34N4O5. The van der Waals surface area contributed by atoms with Crippen LogP contribution in [0, 0.1) is 11.8 Å². The molecule has 9 nitrogen and oxygen atoms in total. The minimum atomic E-state index is -1.14. The van der Waals surface area contributed by atoms with Gasteiger partial charge in [-0.15, -0.1) is 0 Å². The molecule has 0 fully saturated rings. The average Bonchev–Trinajstić information content (AvgIpc) is 2.85. The highest BCUT2D eigenvalue weighted by molar-refractivity contribution is 6.12. The molecule has 4 N–H and O–H groups in total. The van der Waals surface area contributed by atoms with Gasteiger partial charge in [0.05, 0.1) is 11.4 Å². The van der Waals surface area contributed by atoms with Crippen LogP contribution in [0.5, 0.6) is 0 Å². The van der Waals surface area contributed by atoms with E-state index in [4.69, 9.17) is 0 Å². The second-order valence-electron chi connectivity index (χ2n) is 9.47. The minimum absolute atomic E-state index is 0.152. The molecule has 4 atom stereocenters. The van der Waals surface area contributed by atoms with Gasteiger partial charge in [-0.05, 0) is 29.5 Å². The summed E-state index contributed by atoms with van der Waals surface area (Å²) >= 11 is 0. The fourth-order valence-corrected chi connectivity index (χ4v) is 4.31. The number of hydrogen-bond donors (Lipinski definition) is 4. The predicted molar refractivity (Wildman–Crippen MR) is 138 cm³/mol. The van der Waals surface area contributed by atoms with Crippen molar-refractivity contribution in [3.05, 3.63) is 60.2 Å². The number of carbonyl (C=O) groups excluding carboxylic acids is 3. The molecule has 0 aromatic heterocycles. The van der Waals surface area contributed by atoms with E-state index in [1.54, 1.807) is 31.2 Å². The van der Waals surface area contributed by atoms with E-state index in [-0.39, 0.29) is 24.2 Å². The summed E-state index contributed by atoms with van der Waals surface area (Å²) in [7, 11) is 0. The summed E-state index contributed by atoms with van der Waals surface area (Å²) in [6.45, 7) is 7.29. The van der Waals surface area contributed by atoms with Crippen LogP contribution in [0.15, 0.2) is 54.6 Å². The molecule has 4 unspecified atom stereocenters. The first-order valence-corrected chi connectivity index (χ1v) is 12.2. The van der Waals surface area contributed by atoms with E-state index >= 15 is 0 Å². The van der Waals surface area contributed by atoms with Gasteiger partial charge in [-0.1, -0.05) is 76.6 Å². The largest absolute Gasteiger partial charge is 0.480 e. The number of nitrogens with one attached hydrogen (secondary N) is 3. The zero-order valence-electron chi connectivity index (χ0n) is 21.0. The van der Waals surface area contributed by atoms with Crippen molar-refractivity contribution >= 4 is 35.2 Å². The van der Waals surface area contributed by atoms with E-state index in [1.807, 2.05) is 51.1 Å². The maximum Gasteiger partial charge on any atom is 0.326 e. The minimum Gasteiger partial charge on any atom is -0.480 e. The topological polar surface area (TPSA) is 128 Å². The van der Waals surface area contributed by atoms with Gasteiger partial charge >= 0.3 is 12.0 Å². The Labute approximate surface area is 211 Å². The van der Waals surface area contributed by atoms with Gasteiger partial charge in [-0.3, -0.25) is 14.5 Å².